The molecule has 1 aliphatic rings. The molecule has 0 aromatic heterocycles. The van der Waals surface area contributed by atoms with Gasteiger partial charge in [-0.05, 0) is 25.5 Å². The van der Waals surface area contributed by atoms with Crippen molar-refractivity contribution in [3.8, 4) is 0 Å². The number of carbonyl (C=O) groups excluding carboxylic acids is 1. The van der Waals surface area contributed by atoms with Gasteiger partial charge in [-0.25, -0.2) is 4.39 Å². The molecule has 0 spiro atoms. The molecule has 0 aliphatic carbocycles. The lowest BCUT2D eigenvalue weighted by atomic mass is 10.1. The summed E-state index contributed by atoms with van der Waals surface area (Å²) in [7, 11) is 0. The first-order chi connectivity index (χ1) is 11.6. The van der Waals surface area contributed by atoms with E-state index in [2.05, 4.69) is 4.99 Å². The van der Waals surface area contributed by atoms with Crippen molar-refractivity contribution in [3.63, 3.8) is 0 Å². The summed E-state index contributed by atoms with van der Waals surface area (Å²) in [6.45, 7) is 2.77. The molecule has 3 rings (SSSR count). The van der Waals surface area contributed by atoms with Crippen molar-refractivity contribution >= 4 is 45.4 Å². The predicted octanol–water partition coefficient (Wildman–Crippen LogP) is 4.89. The summed E-state index contributed by atoms with van der Waals surface area (Å²) >= 11 is 1.57. The highest BCUT2D eigenvalue weighted by Crippen LogP contribution is 2.25. The average molecular weight is 423 g/mol. The highest BCUT2D eigenvalue weighted by atomic mass is 79.9. The molecule has 0 amide bonds. The van der Waals surface area contributed by atoms with E-state index in [0.29, 0.717) is 23.0 Å². The Morgan fingerprint density at radius 2 is 1.92 bits per heavy atom. The molecule has 2 aromatic rings. The van der Waals surface area contributed by atoms with Gasteiger partial charge in [0, 0.05) is 17.9 Å². The highest BCUT2D eigenvalue weighted by molar-refractivity contribution is 8.93. The summed E-state index contributed by atoms with van der Waals surface area (Å²) < 4.78 is 14.3. The lowest BCUT2D eigenvalue weighted by Crippen LogP contribution is -2.36. The minimum absolute atomic E-state index is 0. The zero-order valence-corrected chi connectivity index (χ0v) is 16.5. The Morgan fingerprint density at radius 1 is 1.20 bits per heavy atom. The third-order valence-electron chi connectivity index (χ3n) is 3.83. The number of hydrogen-bond donors (Lipinski definition) is 0. The highest BCUT2D eigenvalue weighted by Gasteiger charge is 2.22. The van der Waals surface area contributed by atoms with E-state index >= 15 is 0 Å². The SMILES string of the molecule is Br.Cc1ccc(C(=O)CN(C2=NCCCS2)c2ccccc2F)cc1. The van der Waals surface area contributed by atoms with E-state index in [1.165, 1.54) is 6.07 Å². The number of rotatable bonds is 4. The summed E-state index contributed by atoms with van der Waals surface area (Å²) in [5.74, 6) is 0.540. The molecule has 0 radical (unpaired) electrons. The first-order valence-electron chi connectivity index (χ1n) is 7.94. The number of aryl methyl sites for hydroxylation is 1. The van der Waals surface area contributed by atoms with Crippen LogP contribution in [0.3, 0.4) is 0 Å². The number of aliphatic imine (C=N–C) groups is 1. The minimum atomic E-state index is -0.344. The maximum absolute atomic E-state index is 14.3. The second-order valence-corrected chi connectivity index (χ2v) is 6.76. The fourth-order valence-corrected chi connectivity index (χ4v) is 3.47. The number of para-hydroxylation sites is 1. The van der Waals surface area contributed by atoms with Gasteiger partial charge in [-0.1, -0.05) is 53.7 Å². The Bertz CT molecular complexity index is 764. The molecule has 0 saturated carbocycles. The van der Waals surface area contributed by atoms with Crippen LogP contribution in [0.1, 0.15) is 22.3 Å². The Hall–Kier alpha value is -1.66. The van der Waals surface area contributed by atoms with Gasteiger partial charge in [0.2, 0.25) is 0 Å². The molecular weight excluding hydrogens is 403 g/mol. The zero-order chi connectivity index (χ0) is 16.9. The topological polar surface area (TPSA) is 32.7 Å². The van der Waals surface area contributed by atoms with Gasteiger partial charge in [-0.15, -0.1) is 17.0 Å². The first kappa shape index (κ1) is 19.7. The fourth-order valence-electron chi connectivity index (χ4n) is 2.51. The summed E-state index contributed by atoms with van der Waals surface area (Å²) in [6, 6.07) is 14.0. The van der Waals surface area contributed by atoms with Crippen LogP contribution in [-0.4, -0.2) is 29.8 Å². The van der Waals surface area contributed by atoms with E-state index in [1.54, 1.807) is 34.9 Å². The van der Waals surface area contributed by atoms with Crippen molar-refractivity contribution in [2.45, 2.75) is 13.3 Å². The third-order valence-corrected chi connectivity index (χ3v) is 4.93. The van der Waals surface area contributed by atoms with Gasteiger partial charge >= 0.3 is 0 Å². The van der Waals surface area contributed by atoms with Crippen LogP contribution in [-0.2, 0) is 0 Å². The van der Waals surface area contributed by atoms with Gasteiger partial charge in [-0.3, -0.25) is 9.79 Å². The fraction of sp³-hybridized carbons (Fsp3) is 0.263. The molecule has 6 heteroatoms. The molecule has 1 aliphatic heterocycles. The summed E-state index contributed by atoms with van der Waals surface area (Å²) in [5.41, 5.74) is 2.12. The maximum Gasteiger partial charge on any atom is 0.182 e. The molecule has 1 heterocycles. The second-order valence-electron chi connectivity index (χ2n) is 5.69. The number of amidine groups is 1. The van der Waals surface area contributed by atoms with Crippen LogP contribution in [0.5, 0.6) is 0 Å². The molecule has 25 heavy (non-hydrogen) atoms. The first-order valence-corrected chi connectivity index (χ1v) is 8.93. The number of Topliss-reactive ketones (excluding diaryl/α,β-unsaturated/α-hetero) is 1. The van der Waals surface area contributed by atoms with Gasteiger partial charge < -0.3 is 4.90 Å². The Kier molecular flexibility index (Phi) is 7.20. The average Bonchev–Trinajstić information content (AvgIpc) is 2.61. The molecule has 0 fully saturated rings. The number of thioether (sulfide) groups is 1. The number of anilines is 1. The Balaban J connectivity index is 0.00000225. The number of halogens is 2. The van der Waals surface area contributed by atoms with E-state index in [0.717, 1.165) is 17.7 Å². The van der Waals surface area contributed by atoms with Gasteiger partial charge in [-0.2, -0.15) is 0 Å². The van der Waals surface area contributed by atoms with Crippen molar-refractivity contribution in [2.75, 3.05) is 23.7 Å². The third kappa shape index (κ3) is 4.92. The normalized spacial score (nSPS) is 13.6. The number of benzene rings is 2. The van der Waals surface area contributed by atoms with Gasteiger partial charge in [0.25, 0.3) is 0 Å². The lowest BCUT2D eigenvalue weighted by molar-refractivity contribution is 0.100. The molecule has 0 unspecified atom stereocenters. The van der Waals surface area contributed by atoms with E-state index in [1.807, 2.05) is 31.2 Å². The van der Waals surface area contributed by atoms with Crippen LogP contribution >= 0.6 is 28.7 Å². The molecule has 0 N–H and O–H groups in total. The minimum Gasteiger partial charge on any atom is -0.311 e. The van der Waals surface area contributed by atoms with Gasteiger partial charge in [0.1, 0.15) is 5.82 Å². The summed E-state index contributed by atoms with van der Waals surface area (Å²) in [4.78, 5) is 18.9. The predicted molar refractivity (Wildman–Crippen MR) is 109 cm³/mol. The van der Waals surface area contributed by atoms with Crippen LogP contribution in [0.15, 0.2) is 53.5 Å². The number of ketones is 1. The molecule has 132 valence electrons. The van der Waals surface area contributed by atoms with Crippen LogP contribution in [0, 0.1) is 12.7 Å². The van der Waals surface area contributed by atoms with Crippen LogP contribution in [0.25, 0.3) is 0 Å². The quantitative estimate of drug-likeness (QED) is 0.657. The van der Waals surface area contributed by atoms with Gasteiger partial charge in [0.05, 0.1) is 12.2 Å². The van der Waals surface area contributed by atoms with Gasteiger partial charge in [0.15, 0.2) is 11.0 Å². The molecule has 0 saturated heterocycles. The van der Waals surface area contributed by atoms with E-state index < -0.39 is 0 Å². The molecular formula is C19H20BrFN2OS. The standard InChI is InChI=1S/C19H19FN2OS.BrH/c1-14-7-9-15(10-8-14)18(23)13-22(19-21-11-4-12-24-19)17-6-3-2-5-16(17)20;/h2-3,5-10H,4,11-13H2,1H3;1H. The van der Waals surface area contributed by atoms with Crippen molar-refractivity contribution in [2.24, 2.45) is 4.99 Å². The number of carbonyl (C=O) groups is 1. The zero-order valence-electron chi connectivity index (χ0n) is 13.9. The smallest absolute Gasteiger partial charge is 0.182 e. The number of hydrogen-bond acceptors (Lipinski definition) is 4. The van der Waals surface area contributed by atoms with Crippen LogP contribution in [0.2, 0.25) is 0 Å². The molecule has 2 aromatic carbocycles. The van der Waals surface area contributed by atoms with E-state index in [4.69, 9.17) is 0 Å². The van der Waals surface area contributed by atoms with Crippen molar-refractivity contribution in [1.29, 1.82) is 0 Å². The Morgan fingerprint density at radius 3 is 2.56 bits per heavy atom. The monoisotopic (exact) mass is 422 g/mol. The number of nitrogens with zero attached hydrogens (tertiary/aromatic N) is 2. The molecule has 0 bridgehead atoms. The van der Waals surface area contributed by atoms with Crippen molar-refractivity contribution < 1.29 is 9.18 Å². The van der Waals surface area contributed by atoms with Crippen LogP contribution in [0.4, 0.5) is 10.1 Å². The van der Waals surface area contributed by atoms with E-state index in [9.17, 15) is 9.18 Å². The Labute approximate surface area is 162 Å². The molecule has 0 atom stereocenters. The largest absolute Gasteiger partial charge is 0.311 e. The molecule has 3 nitrogen and oxygen atoms in total. The summed E-state index contributed by atoms with van der Waals surface area (Å²) in [6.07, 6.45) is 1.01. The van der Waals surface area contributed by atoms with E-state index in [-0.39, 0.29) is 35.1 Å². The lowest BCUT2D eigenvalue weighted by Gasteiger charge is -2.27. The van der Waals surface area contributed by atoms with Crippen molar-refractivity contribution in [1.82, 2.24) is 0 Å². The maximum atomic E-state index is 14.3. The second kappa shape index (κ2) is 9.15. The summed E-state index contributed by atoms with van der Waals surface area (Å²) in [5, 5.41) is 0.715. The van der Waals surface area contributed by atoms with Crippen LogP contribution < -0.4 is 4.90 Å². The van der Waals surface area contributed by atoms with Crippen molar-refractivity contribution in [3.05, 3.63) is 65.5 Å².